The molecular weight excluding hydrogens is 413 g/mol. The van der Waals surface area contributed by atoms with Crippen molar-refractivity contribution in [3.63, 3.8) is 0 Å². The predicted octanol–water partition coefficient (Wildman–Crippen LogP) is 2.53. The highest BCUT2D eigenvalue weighted by Gasteiger charge is 2.30. The second-order valence-corrected chi connectivity index (χ2v) is 8.50. The normalized spacial score (nSPS) is 21.6. The van der Waals surface area contributed by atoms with Crippen molar-refractivity contribution >= 4 is 28.6 Å². The molecule has 1 saturated heterocycles. The Morgan fingerprint density at radius 2 is 2.22 bits per heavy atom. The summed E-state index contributed by atoms with van der Waals surface area (Å²) in [5.41, 5.74) is 2.14. The summed E-state index contributed by atoms with van der Waals surface area (Å²) < 4.78 is 21.4. The lowest BCUT2D eigenvalue weighted by Gasteiger charge is -2.33. The number of piperidine rings is 1. The molecule has 2 aliphatic rings. The van der Waals surface area contributed by atoms with E-state index in [0.29, 0.717) is 30.1 Å². The van der Waals surface area contributed by atoms with Crippen LogP contribution in [0, 0.1) is 5.92 Å². The minimum Gasteiger partial charge on any atom is -0.377 e. The number of likely N-dealkylation sites (tertiary alicyclic amines) is 1. The molecule has 2 aromatic heterocycles. The number of amides is 1. The molecular formula is C22H26FN7O2. The Bertz CT molecular complexity index is 1150. The molecule has 1 amide bonds. The number of carbonyl (C=O) groups is 1. The average Bonchev–Trinajstić information content (AvgIpc) is 3.41. The Kier molecular flexibility index (Phi) is 5.38. The van der Waals surface area contributed by atoms with Crippen LogP contribution in [-0.2, 0) is 11.3 Å². The zero-order valence-electron chi connectivity index (χ0n) is 17.9. The predicted molar refractivity (Wildman–Crippen MR) is 118 cm³/mol. The van der Waals surface area contributed by atoms with E-state index in [0.717, 1.165) is 30.5 Å². The Morgan fingerprint density at radius 3 is 2.97 bits per heavy atom. The number of nitrogens with one attached hydrogen (secondary N) is 2. The fourth-order valence-corrected chi connectivity index (χ4v) is 4.07. The Labute approximate surface area is 184 Å². The van der Waals surface area contributed by atoms with Crippen molar-refractivity contribution in [2.75, 3.05) is 25.5 Å². The summed E-state index contributed by atoms with van der Waals surface area (Å²) in [5, 5.41) is 15.7. The first-order valence-corrected chi connectivity index (χ1v) is 10.9. The molecule has 1 aromatic carbocycles. The second kappa shape index (κ2) is 8.34. The van der Waals surface area contributed by atoms with E-state index in [1.165, 1.54) is 0 Å². The third kappa shape index (κ3) is 3.97. The number of hydrogen-bond acceptors (Lipinski definition) is 7. The minimum absolute atomic E-state index is 0.0112. The number of carbonyl (C=O) groups excluding carboxylic acids is 1. The number of alkyl halides is 1. The molecule has 2 fully saturated rings. The number of rotatable bonds is 7. The maximum Gasteiger partial charge on any atom is 0.291 e. The molecule has 0 radical (unpaired) electrons. The molecule has 2 atom stereocenters. The summed E-state index contributed by atoms with van der Waals surface area (Å²) in [6.07, 6.45) is 3.29. The smallest absolute Gasteiger partial charge is 0.291 e. The molecule has 168 valence electrons. The van der Waals surface area contributed by atoms with Gasteiger partial charge in [-0.1, -0.05) is 18.7 Å². The molecule has 3 heterocycles. The van der Waals surface area contributed by atoms with Gasteiger partial charge in [-0.3, -0.25) is 4.79 Å². The van der Waals surface area contributed by atoms with Crippen molar-refractivity contribution in [3.8, 4) is 5.95 Å². The van der Waals surface area contributed by atoms with Gasteiger partial charge in [0.1, 0.15) is 11.7 Å². The van der Waals surface area contributed by atoms with Gasteiger partial charge in [0.05, 0.1) is 24.0 Å². The van der Waals surface area contributed by atoms with Crippen molar-refractivity contribution in [3.05, 3.63) is 36.4 Å². The topological polar surface area (TPSA) is 101 Å². The second-order valence-electron chi connectivity index (χ2n) is 8.50. The monoisotopic (exact) mass is 439 g/mol. The van der Waals surface area contributed by atoms with E-state index in [2.05, 4.69) is 32.5 Å². The standard InChI is InChI=1S/C22H26FN7O2/c1-3-18-14-5-4-6-17(25-16-9-10-29(2)12-15(16)23)20(14)27-30(18)22-26-19(32-28-22)11-24-21(31)13-7-8-13/h3-6,13,15-16,25H,1,7-12H2,2H3,(H,24,31)/t15-,16+/m0/s1. The maximum absolute atomic E-state index is 14.6. The molecule has 5 rings (SSSR count). The third-order valence-electron chi connectivity index (χ3n) is 6.03. The van der Waals surface area contributed by atoms with Crippen LogP contribution in [0.25, 0.3) is 22.9 Å². The molecule has 9 nitrogen and oxygen atoms in total. The van der Waals surface area contributed by atoms with E-state index in [9.17, 15) is 9.18 Å². The van der Waals surface area contributed by atoms with Crippen LogP contribution in [0.4, 0.5) is 10.1 Å². The molecule has 1 saturated carbocycles. The van der Waals surface area contributed by atoms with Gasteiger partial charge >= 0.3 is 0 Å². The van der Waals surface area contributed by atoms with Gasteiger partial charge in [0.2, 0.25) is 11.8 Å². The van der Waals surface area contributed by atoms with Gasteiger partial charge in [-0.15, -0.1) is 0 Å². The van der Waals surface area contributed by atoms with Crippen LogP contribution < -0.4 is 10.6 Å². The Balaban J connectivity index is 1.41. The van der Waals surface area contributed by atoms with E-state index in [1.54, 1.807) is 10.8 Å². The summed E-state index contributed by atoms with van der Waals surface area (Å²) in [7, 11) is 1.93. The van der Waals surface area contributed by atoms with Gasteiger partial charge in [0, 0.05) is 24.4 Å². The van der Waals surface area contributed by atoms with Gasteiger partial charge in [-0.25, -0.2) is 4.39 Å². The van der Waals surface area contributed by atoms with Crippen molar-refractivity contribution in [1.29, 1.82) is 0 Å². The zero-order valence-corrected chi connectivity index (χ0v) is 17.9. The van der Waals surface area contributed by atoms with Crippen LogP contribution in [0.15, 0.2) is 29.3 Å². The number of anilines is 1. The largest absolute Gasteiger partial charge is 0.377 e. The molecule has 0 bridgehead atoms. The van der Waals surface area contributed by atoms with Crippen LogP contribution in [0.1, 0.15) is 30.8 Å². The van der Waals surface area contributed by atoms with Crippen LogP contribution in [0.2, 0.25) is 0 Å². The number of fused-ring (bicyclic) bond motifs is 1. The fourth-order valence-electron chi connectivity index (χ4n) is 4.07. The molecule has 2 N–H and O–H groups in total. The van der Waals surface area contributed by atoms with Crippen LogP contribution >= 0.6 is 0 Å². The van der Waals surface area contributed by atoms with E-state index < -0.39 is 6.17 Å². The molecule has 32 heavy (non-hydrogen) atoms. The van der Waals surface area contributed by atoms with E-state index >= 15 is 0 Å². The molecule has 3 aromatic rings. The summed E-state index contributed by atoms with van der Waals surface area (Å²) in [6.45, 7) is 5.32. The number of nitrogens with zero attached hydrogens (tertiary/aromatic N) is 5. The lowest BCUT2D eigenvalue weighted by atomic mass is 10.0. The first-order valence-electron chi connectivity index (χ1n) is 10.9. The first-order chi connectivity index (χ1) is 15.5. The van der Waals surface area contributed by atoms with Crippen molar-refractivity contribution in [1.82, 2.24) is 30.1 Å². The van der Waals surface area contributed by atoms with Gasteiger partial charge in [0.25, 0.3) is 5.95 Å². The molecule has 1 aliphatic heterocycles. The van der Waals surface area contributed by atoms with Gasteiger partial charge in [-0.05, 0) is 43.6 Å². The number of halogens is 1. The van der Waals surface area contributed by atoms with Gasteiger partial charge < -0.3 is 20.1 Å². The van der Waals surface area contributed by atoms with E-state index in [4.69, 9.17) is 4.52 Å². The number of aromatic nitrogens is 4. The molecule has 0 unspecified atom stereocenters. The van der Waals surface area contributed by atoms with Crippen LogP contribution in [0.3, 0.4) is 0 Å². The minimum atomic E-state index is -0.962. The van der Waals surface area contributed by atoms with Crippen LogP contribution in [0.5, 0.6) is 0 Å². The highest BCUT2D eigenvalue weighted by atomic mass is 19.1. The lowest BCUT2D eigenvalue weighted by Crippen LogP contribution is -2.46. The highest BCUT2D eigenvalue weighted by Crippen LogP contribution is 2.30. The van der Waals surface area contributed by atoms with Crippen molar-refractivity contribution in [2.24, 2.45) is 5.92 Å². The van der Waals surface area contributed by atoms with E-state index in [1.807, 2.05) is 30.1 Å². The highest BCUT2D eigenvalue weighted by molar-refractivity contribution is 5.95. The Hall–Kier alpha value is -3.27. The number of hydrogen-bond donors (Lipinski definition) is 2. The SMILES string of the molecule is C=Cc1c2cccc(N[C@@H]3CCN(C)C[C@@H]3F)c2nn1-c1noc(CNC(=O)C2CC2)n1. The Morgan fingerprint density at radius 1 is 1.38 bits per heavy atom. The quantitative estimate of drug-likeness (QED) is 0.583. The third-order valence-corrected chi connectivity index (χ3v) is 6.03. The average molecular weight is 439 g/mol. The molecule has 0 spiro atoms. The van der Waals surface area contributed by atoms with E-state index in [-0.39, 0.29) is 30.4 Å². The van der Waals surface area contributed by atoms with Crippen LogP contribution in [-0.4, -0.2) is 63.1 Å². The summed E-state index contributed by atoms with van der Waals surface area (Å²) in [5.74, 6) is 0.673. The summed E-state index contributed by atoms with van der Waals surface area (Å²) >= 11 is 0. The zero-order chi connectivity index (χ0) is 22.2. The molecule has 10 heteroatoms. The van der Waals surface area contributed by atoms with Crippen molar-refractivity contribution in [2.45, 2.75) is 38.0 Å². The lowest BCUT2D eigenvalue weighted by molar-refractivity contribution is -0.122. The van der Waals surface area contributed by atoms with Gasteiger partial charge in [0.15, 0.2) is 0 Å². The van der Waals surface area contributed by atoms with Crippen molar-refractivity contribution < 1.29 is 13.7 Å². The first kappa shape index (κ1) is 20.6. The number of benzene rings is 1. The van der Waals surface area contributed by atoms with Gasteiger partial charge in [-0.2, -0.15) is 14.8 Å². The fraction of sp³-hybridized carbons (Fsp3) is 0.455. The maximum atomic E-state index is 14.6. The summed E-state index contributed by atoms with van der Waals surface area (Å²) in [6, 6.07) is 5.45. The molecule has 1 aliphatic carbocycles. The summed E-state index contributed by atoms with van der Waals surface area (Å²) in [4.78, 5) is 18.2.